The molecular weight excluding hydrogens is 336 g/mol. The number of hydrogen-bond acceptors (Lipinski definition) is 6. The van der Waals surface area contributed by atoms with E-state index in [1.807, 2.05) is 31.2 Å². The lowest BCUT2D eigenvalue weighted by atomic mass is 10.1. The zero-order valence-corrected chi connectivity index (χ0v) is 14.8. The first-order chi connectivity index (χ1) is 12.4. The highest BCUT2D eigenvalue weighted by Gasteiger charge is 2.16. The summed E-state index contributed by atoms with van der Waals surface area (Å²) in [5, 5.41) is 18.1. The minimum atomic E-state index is -0.527. The number of nitrogens with one attached hydrogen (secondary N) is 2. The molecule has 2 aromatic carbocycles. The van der Waals surface area contributed by atoms with Crippen molar-refractivity contribution in [1.29, 1.82) is 0 Å². The van der Waals surface area contributed by atoms with Crippen LogP contribution in [0.1, 0.15) is 18.1 Å². The summed E-state index contributed by atoms with van der Waals surface area (Å²) in [7, 11) is 1.37. The van der Waals surface area contributed by atoms with Gasteiger partial charge in [0.2, 0.25) is 0 Å². The van der Waals surface area contributed by atoms with E-state index in [9.17, 15) is 14.9 Å². The van der Waals surface area contributed by atoms with Gasteiger partial charge in [0, 0.05) is 17.3 Å². The normalized spacial score (nSPS) is 11.0. The van der Waals surface area contributed by atoms with Crippen LogP contribution in [0.2, 0.25) is 0 Å². The first kappa shape index (κ1) is 18.9. The topological polar surface area (TPSA) is 106 Å². The van der Waals surface area contributed by atoms with Crippen LogP contribution in [0, 0.1) is 17.0 Å². The number of anilines is 1. The molecule has 2 N–H and O–H groups in total. The Hall–Kier alpha value is -3.42. The molecule has 1 amide bonds. The zero-order valence-electron chi connectivity index (χ0n) is 14.8. The average Bonchev–Trinajstić information content (AvgIpc) is 2.64. The number of hydrazone groups is 1. The SMILES string of the molecule is COc1ccc(C(C)=NNC(=O)CNc2ccccc2C)cc1[N+](=O)[O-]. The van der Waals surface area contributed by atoms with Crippen LogP contribution in [0.5, 0.6) is 5.75 Å². The van der Waals surface area contributed by atoms with Gasteiger partial charge in [0.05, 0.1) is 24.3 Å². The van der Waals surface area contributed by atoms with Crippen molar-refractivity contribution in [3.63, 3.8) is 0 Å². The fourth-order valence-corrected chi connectivity index (χ4v) is 2.25. The van der Waals surface area contributed by atoms with E-state index < -0.39 is 4.92 Å². The summed E-state index contributed by atoms with van der Waals surface area (Å²) < 4.78 is 4.96. The lowest BCUT2D eigenvalue weighted by Crippen LogP contribution is -2.27. The Morgan fingerprint density at radius 1 is 1.27 bits per heavy atom. The Morgan fingerprint density at radius 2 is 2.00 bits per heavy atom. The minimum Gasteiger partial charge on any atom is -0.490 e. The van der Waals surface area contributed by atoms with E-state index in [4.69, 9.17) is 4.74 Å². The molecule has 2 aromatic rings. The standard InChI is InChI=1S/C18H20N4O4/c1-12-6-4-5-7-15(12)19-11-18(23)21-20-13(2)14-8-9-17(26-3)16(10-14)22(24)25/h4-10,19H,11H2,1-3H3,(H,21,23). The van der Waals surface area contributed by atoms with E-state index in [1.54, 1.807) is 13.0 Å². The summed E-state index contributed by atoms with van der Waals surface area (Å²) in [5.74, 6) is -0.159. The van der Waals surface area contributed by atoms with Crippen molar-refractivity contribution in [3.05, 3.63) is 63.7 Å². The molecule has 26 heavy (non-hydrogen) atoms. The summed E-state index contributed by atoms with van der Waals surface area (Å²) in [6.45, 7) is 3.66. The number of rotatable bonds is 7. The van der Waals surface area contributed by atoms with E-state index in [0.717, 1.165) is 11.3 Å². The van der Waals surface area contributed by atoms with Gasteiger partial charge in [-0.25, -0.2) is 5.43 Å². The van der Waals surface area contributed by atoms with E-state index >= 15 is 0 Å². The highest BCUT2D eigenvalue weighted by molar-refractivity contribution is 6.00. The molecule has 0 atom stereocenters. The number of para-hydroxylation sites is 1. The molecule has 2 rings (SSSR count). The van der Waals surface area contributed by atoms with Crippen molar-refractivity contribution in [3.8, 4) is 5.75 Å². The molecule has 0 aromatic heterocycles. The number of aryl methyl sites for hydroxylation is 1. The maximum atomic E-state index is 11.9. The molecule has 0 aliphatic carbocycles. The molecule has 8 heteroatoms. The molecular formula is C18H20N4O4. The van der Waals surface area contributed by atoms with Gasteiger partial charge in [-0.15, -0.1) is 0 Å². The molecule has 0 aliphatic rings. The Bertz CT molecular complexity index is 849. The summed E-state index contributed by atoms with van der Waals surface area (Å²) in [5.41, 5.74) is 5.14. The van der Waals surface area contributed by atoms with Crippen LogP contribution < -0.4 is 15.5 Å². The molecule has 8 nitrogen and oxygen atoms in total. The number of hydrogen-bond donors (Lipinski definition) is 2. The molecule has 0 heterocycles. The van der Waals surface area contributed by atoms with Gasteiger partial charge in [-0.2, -0.15) is 5.10 Å². The van der Waals surface area contributed by atoms with Crippen LogP contribution in [-0.2, 0) is 4.79 Å². The number of carbonyl (C=O) groups is 1. The molecule has 0 saturated heterocycles. The van der Waals surface area contributed by atoms with Gasteiger partial charge in [0.15, 0.2) is 5.75 Å². The third kappa shape index (κ3) is 4.79. The first-order valence-electron chi connectivity index (χ1n) is 7.87. The van der Waals surface area contributed by atoms with Gasteiger partial charge in [-0.1, -0.05) is 18.2 Å². The van der Waals surface area contributed by atoms with Crippen LogP contribution in [0.4, 0.5) is 11.4 Å². The second kappa shape index (κ2) is 8.61. The predicted octanol–water partition coefficient (Wildman–Crippen LogP) is 2.86. The molecule has 0 unspecified atom stereocenters. The van der Waals surface area contributed by atoms with Gasteiger partial charge in [0.1, 0.15) is 0 Å². The van der Waals surface area contributed by atoms with E-state index in [2.05, 4.69) is 15.8 Å². The van der Waals surface area contributed by atoms with Crippen molar-refractivity contribution in [2.75, 3.05) is 19.0 Å². The quantitative estimate of drug-likeness (QED) is 0.451. The zero-order chi connectivity index (χ0) is 19.1. The first-order valence-corrected chi connectivity index (χ1v) is 7.87. The molecule has 0 spiro atoms. The Kier molecular flexibility index (Phi) is 6.26. The van der Waals surface area contributed by atoms with Crippen molar-refractivity contribution >= 4 is 23.0 Å². The smallest absolute Gasteiger partial charge is 0.311 e. The van der Waals surface area contributed by atoms with Crippen LogP contribution in [0.3, 0.4) is 0 Å². The van der Waals surface area contributed by atoms with Gasteiger partial charge in [-0.3, -0.25) is 14.9 Å². The minimum absolute atomic E-state index is 0.0599. The molecule has 0 fully saturated rings. The number of ether oxygens (including phenoxy) is 1. The number of nitrogens with zero attached hydrogens (tertiary/aromatic N) is 2. The van der Waals surface area contributed by atoms with Gasteiger partial charge in [0.25, 0.3) is 5.91 Å². The van der Waals surface area contributed by atoms with Crippen LogP contribution in [0.25, 0.3) is 0 Å². The van der Waals surface area contributed by atoms with Gasteiger partial charge >= 0.3 is 5.69 Å². The number of benzene rings is 2. The number of nitro benzene ring substituents is 1. The average molecular weight is 356 g/mol. The van der Waals surface area contributed by atoms with Crippen molar-refractivity contribution in [2.24, 2.45) is 5.10 Å². The van der Waals surface area contributed by atoms with E-state index in [-0.39, 0.29) is 23.9 Å². The Labute approximate surface area is 151 Å². The maximum absolute atomic E-state index is 11.9. The number of amides is 1. The number of nitro groups is 1. The summed E-state index contributed by atoms with van der Waals surface area (Å²) in [4.78, 5) is 22.5. The molecule has 0 aliphatic heterocycles. The lowest BCUT2D eigenvalue weighted by Gasteiger charge is -2.08. The summed E-state index contributed by atoms with van der Waals surface area (Å²) in [6, 6.07) is 12.1. The fourth-order valence-electron chi connectivity index (χ4n) is 2.25. The number of carbonyl (C=O) groups excluding carboxylic acids is 1. The highest BCUT2D eigenvalue weighted by Crippen LogP contribution is 2.27. The molecule has 0 bridgehead atoms. The second-order valence-corrected chi connectivity index (χ2v) is 5.54. The maximum Gasteiger partial charge on any atom is 0.311 e. The molecule has 0 radical (unpaired) electrons. The third-order valence-corrected chi connectivity index (χ3v) is 3.73. The van der Waals surface area contributed by atoms with Crippen LogP contribution in [-0.4, -0.2) is 30.2 Å². The van der Waals surface area contributed by atoms with Gasteiger partial charge in [-0.05, 0) is 37.6 Å². The molecule has 136 valence electrons. The van der Waals surface area contributed by atoms with Gasteiger partial charge < -0.3 is 10.1 Å². The number of methoxy groups -OCH3 is 1. The van der Waals surface area contributed by atoms with Crippen molar-refractivity contribution in [2.45, 2.75) is 13.8 Å². The Morgan fingerprint density at radius 3 is 2.65 bits per heavy atom. The second-order valence-electron chi connectivity index (χ2n) is 5.54. The molecule has 0 saturated carbocycles. The lowest BCUT2D eigenvalue weighted by molar-refractivity contribution is -0.385. The Balaban J connectivity index is 2.01. The highest BCUT2D eigenvalue weighted by atomic mass is 16.6. The van der Waals surface area contributed by atoms with Crippen LogP contribution >= 0.6 is 0 Å². The van der Waals surface area contributed by atoms with E-state index in [1.165, 1.54) is 19.2 Å². The van der Waals surface area contributed by atoms with Crippen molar-refractivity contribution in [1.82, 2.24) is 5.43 Å². The monoisotopic (exact) mass is 356 g/mol. The third-order valence-electron chi connectivity index (χ3n) is 3.73. The van der Waals surface area contributed by atoms with E-state index in [0.29, 0.717) is 11.3 Å². The van der Waals surface area contributed by atoms with Crippen LogP contribution in [0.15, 0.2) is 47.6 Å². The summed E-state index contributed by atoms with van der Waals surface area (Å²) >= 11 is 0. The predicted molar refractivity (Wildman–Crippen MR) is 99.7 cm³/mol. The van der Waals surface area contributed by atoms with Crippen molar-refractivity contribution < 1.29 is 14.5 Å². The largest absolute Gasteiger partial charge is 0.490 e. The summed E-state index contributed by atoms with van der Waals surface area (Å²) in [6.07, 6.45) is 0. The fraction of sp³-hybridized carbons (Fsp3) is 0.222.